The van der Waals surface area contributed by atoms with E-state index in [1.54, 1.807) is 10.8 Å². The van der Waals surface area contributed by atoms with E-state index in [9.17, 15) is 13.5 Å². The van der Waals surface area contributed by atoms with Crippen LogP contribution in [0.2, 0.25) is 0 Å². The Hall–Kier alpha value is -0.890. The van der Waals surface area contributed by atoms with Gasteiger partial charge >= 0.3 is 0 Å². The van der Waals surface area contributed by atoms with Crippen molar-refractivity contribution in [1.29, 1.82) is 0 Å². The summed E-state index contributed by atoms with van der Waals surface area (Å²) in [5, 5.41) is 9.21. The molecule has 0 aromatic carbocycles. The predicted octanol–water partition coefficient (Wildman–Crippen LogP) is 0.704. The lowest BCUT2D eigenvalue weighted by atomic mass is 10.0. The summed E-state index contributed by atoms with van der Waals surface area (Å²) in [7, 11) is -3.53. The third kappa shape index (κ3) is 3.22. The van der Waals surface area contributed by atoms with Crippen LogP contribution in [0.4, 0.5) is 0 Å². The standard InChI is InChI=1S/C13H22N2O4S/c1-3-15-8-13(6-12(15)9-16)20(17,18)14-7-11-4-5-19-10(11)2/h6,8,10-11,14,16H,3-5,7,9H2,1-2H3. The summed E-state index contributed by atoms with van der Waals surface area (Å²) in [5.41, 5.74) is 0.602. The fraction of sp³-hybridized carbons (Fsp3) is 0.692. The number of sulfonamides is 1. The van der Waals surface area contributed by atoms with E-state index < -0.39 is 10.0 Å². The second-order valence-electron chi connectivity index (χ2n) is 5.09. The van der Waals surface area contributed by atoms with Crippen molar-refractivity contribution >= 4 is 10.0 Å². The largest absolute Gasteiger partial charge is 0.390 e. The molecule has 1 aromatic rings. The number of nitrogens with one attached hydrogen (secondary N) is 1. The molecule has 2 N–H and O–H groups in total. The highest BCUT2D eigenvalue weighted by atomic mass is 32.2. The molecule has 1 aliphatic rings. The molecule has 2 heterocycles. The SMILES string of the molecule is CCn1cc(S(=O)(=O)NCC2CCOC2C)cc1CO. The molecule has 2 rings (SSSR count). The van der Waals surface area contributed by atoms with Gasteiger partial charge in [-0.1, -0.05) is 0 Å². The molecule has 0 spiro atoms. The van der Waals surface area contributed by atoms with Gasteiger partial charge in [0, 0.05) is 37.5 Å². The molecular formula is C13H22N2O4S. The summed E-state index contributed by atoms with van der Waals surface area (Å²) in [6.07, 6.45) is 2.52. The van der Waals surface area contributed by atoms with Crippen LogP contribution < -0.4 is 4.72 Å². The van der Waals surface area contributed by atoms with Gasteiger partial charge in [-0.05, 0) is 26.3 Å². The first-order chi connectivity index (χ1) is 9.47. The van der Waals surface area contributed by atoms with Gasteiger partial charge in [0.05, 0.1) is 17.6 Å². The lowest BCUT2D eigenvalue weighted by Crippen LogP contribution is -2.31. The number of rotatable bonds is 6. The molecule has 20 heavy (non-hydrogen) atoms. The quantitative estimate of drug-likeness (QED) is 0.811. The highest BCUT2D eigenvalue weighted by molar-refractivity contribution is 7.89. The first kappa shape index (κ1) is 15.5. The van der Waals surface area contributed by atoms with E-state index >= 15 is 0 Å². The Labute approximate surface area is 119 Å². The molecule has 1 aromatic heterocycles. The van der Waals surface area contributed by atoms with Gasteiger partial charge in [-0.2, -0.15) is 0 Å². The zero-order valence-electron chi connectivity index (χ0n) is 11.9. The van der Waals surface area contributed by atoms with E-state index in [1.165, 1.54) is 6.07 Å². The second-order valence-corrected chi connectivity index (χ2v) is 6.85. The first-order valence-electron chi connectivity index (χ1n) is 6.89. The molecule has 2 unspecified atom stereocenters. The number of aromatic nitrogens is 1. The minimum atomic E-state index is -3.53. The molecule has 1 saturated heterocycles. The lowest BCUT2D eigenvalue weighted by molar-refractivity contribution is 0.107. The molecular weight excluding hydrogens is 280 g/mol. The molecule has 6 nitrogen and oxygen atoms in total. The van der Waals surface area contributed by atoms with Crippen LogP contribution in [0, 0.1) is 5.92 Å². The van der Waals surface area contributed by atoms with Crippen molar-refractivity contribution in [2.45, 2.75) is 44.4 Å². The molecule has 0 radical (unpaired) electrons. The van der Waals surface area contributed by atoms with Crippen molar-refractivity contribution in [3.05, 3.63) is 18.0 Å². The predicted molar refractivity (Wildman–Crippen MR) is 74.7 cm³/mol. The van der Waals surface area contributed by atoms with Crippen molar-refractivity contribution in [2.75, 3.05) is 13.2 Å². The van der Waals surface area contributed by atoms with Crippen LogP contribution in [-0.4, -0.2) is 37.3 Å². The maximum absolute atomic E-state index is 12.2. The van der Waals surface area contributed by atoms with Crippen LogP contribution >= 0.6 is 0 Å². The van der Waals surface area contributed by atoms with Crippen LogP contribution in [0.1, 0.15) is 26.0 Å². The lowest BCUT2D eigenvalue weighted by Gasteiger charge is -2.14. The van der Waals surface area contributed by atoms with E-state index in [-0.39, 0.29) is 23.5 Å². The summed E-state index contributed by atoms with van der Waals surface area (Å²) in [6, 6.07) is 1.51. The monoisotopic (exact) mass is 302 g/mol. The van der Waals surface area contributed by atoms with E-state index in [0.717, 1.165) is 6.42 Å². The number of aliphatic hydroxyl groups excluding tert-OH is 1. The number of ether oxygens (including phenoxy) is 1. The van der Waals surface area contributed by atoms with Gasteiger partial charge in [0.25, 0.3) is 0 Å². The number of hydrogen-bond acceptors (Lipinski definition) is 4. The second kappa shape index (κ2) is 6.26. The Kier molecular flexibility index (Phi) is 4.85. The Morgan fingerprint density at radius 3 is 2.80 bits per heavy atom. The topological polar surface area (TPSA) is 80.6 Å². The van der Waals surface area contributed by atoms with Crippen molar-refractivity contribution in [3.8, 4) is 0 Å². The first-order valence-corrected chi connectivity index (χ1v) is 8.37. The smallest absolute Gasteiger partial charge is 0.242 e. The summed E-state index contributed by atoms with van der Waals surface area (Å²) in [6.45, 7) is 5.39. The van der Waals surface area contributed by atoms with Crippen molar-refractivity contribution < 1.29 is 18.3 Å². The Morgan fingerprint density at radius 2 is 2.30 bits per heavy atom. The van der Waals surface area contributed by atoms with Crippen LogP contribution in [0.15, 0.2) is 17.2 Å². The van der Waals surface area contributed by atoms with Crippen molar-refractivity contribution in [3.63, 3.8) is 0 Å². The molecule has 0 bridgehead atoms. The van der Waals surface area contributed by atoms with Gasteiger partial charge in [-0.15, -0.1) is 0 Å². The third-order valence-corrected chi connectivity index (χ3v) is 5.23. The summed E-state index contributed by atoms with van der Waals surface area (Å²) < 4.78 is 34.3. The highest BCUT2D eigenvalue weighted by Gasteiger charge is 2.26. The van der Waals surface area contributed by atoms with E-state index in [0.29, 0.717) is 25.4 Å². The number of aryl methyl sites for hydroxylation is 1. The van der Waals surface area contributed by atoms with Crippen molar-refractivity contribution in [2.24, 2.45) is 5.92 Å². The molecule has 0 amide bonds. The van der Waals surface area contributed by atoms with Crippen molar-refractivity contribution in [1.82, 2.24) is 9.29 Å². The van der Waals surface area contributed by atoms with Crippen LogP contribution in [0.5, 0.6) is 0 Å². The fourth-order valence-electron chi connectivity index (χ4n) is 2.44. The highest BCUT2D eigenvalue weighted by Crippen LogP contribution is 2.21. The van der Waals surface area contributed by atoms with Crippen LogP contribution in [-0.2, 0) is 27.9 Å². The Balaban J connectivity index is 2.08. The molecule has 1 fully saturated rings. The van der Waals surface area contributed by atoms with Gasteiger partial charge in [0.1, 0.15) is 0 Å². The minimum absolute atomic E-state index is 0.0888. The summed E-state index contributed by atoms with van der Waals surface area (Å²) in [4.78, 5) is 0.204. The van der Waals surface area contributed by atoms with Crippen LogP contribution in [0.25, 0.3) is 0 Å². The molecule has 114 valence electrons. The minimum Gasteiger partial charge on any atom is -0.390 e. The summed E-state index contributed by atoms with van der Waals surface area (Å²) >= 11 is 0. The van der Waals surface area contributed by atoms with Gasteiger partial charge < -0.3 is 14.4 Å². The fourth-order valence-corrected chi connectivity index (χ4v) is 3.60. The van der Waals surface area contributed by atoms with Crippen LogP contribution in [0.3, 0.4) is 0 Å². The molecule has 2 atom stereocenters. The van der Waals surface area contributed by atoms with Gasteiger partial charge in [-0.3, -0.25) is 0 Å². The van der Waals surface area contributed by atoms with Gasteiger partial charge in [0.2, 0.25) is 10.0 Å². The molecule has 0 aliphatic carbocycles. The Bertz CT molecular complexity index is 531. The average Bonchev–Trinajstić information content (AvgIpc) is 3.02. The number of nitrogens with zero attached hydrogens (tertiary/aromatic N) is 1. The van der Waals surface area contributed by atoms with E-state index in [1.807, 2.05) is 13.8 Å². The molecule has 7 heteroatoms. The third-order valence-electron chi connectivity index (χ3n) is 3.84. The zero-order chi connectivity index (χ0) is 14.8. The normalized spacial score (nSPS) is 23.4. The van der Waals surface area contributed by atoms with Gasteiger partial charge in [-0.25, -0.2) is 13.1 Å². The zero-order valence-corrected chi connectivity index (χ0v) is 12.7. The number of aliphatic hydroxyl groups is 1. The molecule has 1 aliphatic heterocycles. The van der Waals surface area contributed by atoms with Gasteiger partial charge in [0.15, 0.2) is 0 Å². The Morgan fingerprint density at radius 1 is 1.55 bits per heavy atom. The number of hydrogen-bond donors (Lipinski definition) is 2. The molecule has 0 saturated carbocycles. The maximum Gasteiger partial charge on any atom is 0.242 e. The summed E-state index contributed by atoms with van der Waals surface area (Å²) in [5.74, 6) is 0.218. The average molecular weight is 302 g/mol. The van der Waals surface area contributed by atoms with E-state index in [2.05, 4.69) is 4.72 Å². The van der Waals surface area contributed by atoms with E-state index in [4.69, 9.17) is 4.74 Å². The maximum atomic E-state index is 12.2.